The van der Waals surface area contributed by atoms with Gasteiger partial charge in [0.1, 0.15) is 0 Å². The molecule has 6 heteroatoms. The Morgan fingerprint density at radius 1 is 1.37 bits per heavy atom. The van der Waals surface area contributed by atoms with Crippen LogP contribution >= 0.6 is 0 Å². The van der Waals surface area contributed by atoms with Crippen molar-refractivity contribution in [1.82, 2.24) is 0 Å². The van der Waals surface area contributed by atoms with Crippen molar-refractivity contribution < 1.29 is 17.9 Å². The van der Waals surface area contributed by atoms with E-state index in [2.05, 4.69) is 5.32 Å². The van der Waals surface area contributed by atoms with Crippen molar-refractivity contribution in [3.05, 3.63) is 23.8 Å². The van der Waals surface area contributed by atoms with Crippen LogP contribution < -0.4 is 5.32 Å². The second kappa shape index (κ2) is 4.61. The standard InChI is InChI=1S/C13H15NO4S/c15-13(10-3-5-18-8-10)14-11-2-1-9-4-6-19(16,17)12(9)7-11/h1-2,7,10H,3-6,8H2,(H,14,15). The Hall–Kier alpha value is -1.40. The lowest BCUT2D eigenvalue weighted by Gasteiger charge is -2.10. The van der Waals surface area contributed by atoms with E-state index in [0.29, 0.717) is 30.2 Å². The van der Waals surface area contributed by atoms with Crippen LogP contribution in [0.4, 0.5) is 5.69 Å². The highest BCUT2D eigenvalue weighted by atomic mass is 32.2. The summed E-state index contributed by atoms with van der Waals surface area (Å²) in [6, 6.07) is 5.10. The molecule has 1 fully saturated rings. The summed E-state index contributed by atoms with van der Waals surface area (Å²) < 4.78 is 28.8. The van der Waals surface area contributed by atoms with E-state index in [1.807, 2.05) is 0 Å². The van der Waals surface area contributed by atoms with Crippen molar-refractivity contribution in [3.63, 3.8) is 0 Å². The fraction of sp³-hybridized carbons (Fsp3) is 0.462. The molecule has 1 aromatic rings. The SMILES string of the molecule is O=C(Nc1ccc2c(c1)S(=O)(=O)CC2)C1CCOC1. The molecule has 0 aromatic heterocycles. The molecule has 19 heavy (non-hydrogen) atoms. The summed E-state index contributed by atoms with van der Waals surface area (Å²) >= 11 is 0. The number of fused-ring (bicyclic) bond motifs is 1. The molecule has 1 saturated heterocycles. The third kappa shape index (κ3) is 2.37. The number of amides is 1. The van der Waals surface area contributed by atoms with E-state index in [1.54, 1.807) is 18.2 Å². The van der Waals surface area contributed by atoms with E-state index < -0.39 is 9.84 Å². The topological polar surface area (TPSA) is 72.5 Å². The zero-order chi connectivity index (χ0) is 13.5. The Kier molecular flexibility index (Phi) is 3.06. The molecular formula is C13H15NO4S. The summed E-state index contributed by atoms with van der Waals surface area (Å²) in [6.45, 7) is 1.05. The lowest BCUT2D eigenvalue weighted by Crippen LogP contribution is -2.22. The van der Waals surface area contributed by atoms with Gasteiger partial charge >= 0.3 is 0 Å². The molecule has 1 unspecified atom stereocenters. The number of hydrogen-bond acceptors (Lipinski definition) is 4. The van der Waals surface area contributed by atoms with Crippen LogP contribution in [0.1, 0.15) is 12.0 Å². The first-order valence-corrected chi connectivity index (χ1v) is 7.96. The molecule has 0 radical (unpaired) electrons. The molecule has 0 spiro atoms. The average Bonchev–Trinajstić information content (AvgIpc) is 2.99. The van der Waals surface area contributed by atoms with Crippen LogP contribution in [0.3, 0.4) is 0 Å². The summed E-state index contributed by atoms with van der Waals surface area (Å²) in [5.41, 5.74) is 1.38. The van der Waals surface area contributed by atoms with Crippen LogP contribution in [-0.4, -0.2) is 33.3 Å². The van der Waals surface area contributed by atoms with Gasteiger partial charge in [0, 0.05) is 12.3 Å². The normalized spacial score (nSPS) is 24.1. The minimum absolute atomic E-state index is 0.104. The van der Waals surface area contributed by atoms with Crippen molar-refractivity contribution in [2.24, 2.45) is 5.92 Å². The van der Waals surface area contributed by atoms with E-state index in [9.17, 15) is 13.2 Å². The number of sulfone groups is 1. The highest BCUT2D eigenvalue weighted by Gasteiger charge is 2.27. The highest BCUT2D eigenvalue weighted by Crippen LogP contribution is 2.28. The summed E-state index contributed by atoms with van der Waals surface area (Å²) in [5, 5.41) is 2.77. The number of anilines is 1. The lowest BCUT2D eigenvalue weighted by atomic mass is 10.1. The van der Waals surface area contributed by atoms with E-state index in [1.165, 1.54) is 0 Å². The Bertz CT molecular complexity index is 618. The zero-order valence-corrected chi connectivity index (χ0v) is 11.2. The second-order valence-corrected chi connectivity index (χ2v) is 7.02. The molecule has 1 aromatic carbocycles. The third-order valence-electron chi connectivity index (χ3n) is 3.61. The maximum Gasteiger partial charge on any atom is 0.229 e. The smallest absolute Gasteiger partial charge is 0.229 e. The first kappa shape index (κ1) is 12.6. The largest absolute Gasteiger partial charge is 0.381 e. The van der Waals surface area contributed by atoms with Gasteiger partial charge in [-0.1, -0.05) is 6.07 Å². The predicted molar refractivity (Wildman–Crippen MR) is 69.8 cm³/mol. The lowest BCUT2D eigenvalue weighted by molar-refractivity contribution is -0.119. The van der Waals surface area contributed by atoms with Crippen LogP contribution in [-0.2, 0) is 25.8 Å². The molecule has 0 bridgehead atoms. The molecule has 2 aliphatic heterocycles. The number of benzene rings is 1. The molecule has 0 saturated carbocycles. The Morgan fingerprint density at radius 2 is 2.21 bits per heavy atom. The van der Waals surface area contributed by atoms with Gasteiger partial charge in [-0.05, 0) is 30.5 Å². The van der Waals surface area contributed by atoms with Crippen molar-refractivity contribution in [3.8, 4) is 0 Å². The molecular weight excluding hydrogens is 266 g/mol. The van der Waals surface area contributed by atoms with Gasteiger partial charge in [-0.15, -0.1) is 0 Å². The molecule has 1 amide bonds. The van der Waals surface area contributed by atoms with Gasteiger partial charge in [-0.2, -0.15) is 0 Å². The second-order valence-electron chi connectivity index (χ2n) is 4.94. The predicted octanol–water partition coefficient (Wildman–Crippen LogP) is 0.991. The van der Waals surface area contributed by atoms with Crippen LogP contribution in [0.15, 0.2) is 23.1 Å². The van der Waals surface area contributed by atoms with E-state index in [0.717, 1.165) is 12.0 Å². The number of aryl methyl sites for hydroxylation is 1. The number of carbonyl (C=O) groups excluding carboxylic acids is 1. The molecule has 0 aliphatic carbocycles. The number of nitrogens with one attached hydrogen (secondary N) is 1. The number of rotatable bonds is 2. The quantitative estimate of drug-likeness (QED) is 0.877. The fourth-order valence-electron chi connectivity index (χ4n) is 2.47. The van der Waals surface area contributed by atoms with E-state index in [4.69, 9.17) is 4.74 Å². The highest BCUT2D eigenvalue weighted by molar-refractivity contribution is 7.91. The van der Waals surface area contributed by atoms with Gasteiger partial charge in [0.05, 0.1) is 23.2 Å². The van der Waals surface area contributed by atoms with Crippen LogP contribution in [0.2, 0.25) is 0 Å². The fourth-order valence-corrected chi connectivity index (χ4v) is 4.05. The first-order chi connectivity index (χ1) is 9.06. The maximum absolute atomic E-state index is 11.9. The molecule has 1 atom stereocenters. The molecule has 1 N–H and O–H groups in total. The Balaban J connectivity index is 1.81. The van der Waals surface area contributed by atoms with Crippen molar-refractivity contribution in [2.45, 2.75) is 17.7 Å². The van der Waals surface area contributed by atoms with Crippen LogP contribution in [0.5, 0.6) is 0 Å². The van der Waals surface area contributed by atoms with Crippen molar-refractivity contribution in [2.75, 3.05) is 24.3 Å². The van der Waals surface area contributed by atoms with Crippen LogP contribution in [0, 0.1) is 5.92 Å². The van der Waals surface area contributed by atoms with E-state index >= 15 is 0 Å². The maximum atomic E-state index is 11.9. The Labute approximate surface area is 111 Å². The number of carbonyl (C=O) groups is 1. The van der Waals surface area contributed by atoms with Gasteiger partial charge in [0.15, 0.2) is 9.84 Å². The molecule has 3 rings (SSSR count). The summed E-state index contributed by atoms with van der Waals surface area (Å²) in [5.74, 6) is -0.0753. The third-order valence-corrected chi connectivity index (χ3v) is 5.40. The first-order valence-electron chi connectivity index (χ1n) is 6.30. The van der Waals surface area contributed by atoms with Crippen molar-refractivity contribution in [1.29, 1.82) is 0 Å². The van der Waals surface area contributed by atoms with Gasteiger partial charge in [-0.25, -0.2) is 8.42 Å². The molecule has 102 valence electrons. The molecule has 5 nitrogen and oxygen atoms in total. The Morgan fingerprint density at radius 3 is 2.95 bits per heavy atom. The van der Waals surface area contributed by atoms with Gasteiger partial charge in [0.25, 0.3) is 0 Å². The zero-order valence-electron chi connectivity index (χ0n) is 10.4. The van der Waals surface area contributed by atoms with E-state index in [-0.39, 0.29) is 17.6 Å². The molecule has 2 aliphatic rings. The van der Waals surface area contributed by atoms with Gasteiger partial charge in [-0.3, -0.25) is 4.79 Å². The summed E-state index contributed by atoms with van der Waals surface area (Å²) in [4.78, 5) is 12.3. The van der Waals surface area contributed by atoms with Gasteiger partial charge in [0.2, 0.25) is 5.91 Å². The number of ether oxygens (including phenoxy) is 1. The molecule has 2 heterocycles. The van der Waals surface area contributed by atoms with Gasteiger partial charge < -0.3 is 10.1 Å². The minimum Gasteiger partial charge on any atom is -0.381 e. The summed E-state index contributed by atoms with van der Waals surface area (Å²) in [7, 11) is -3.16. The average molecular weight is 281 g/mol. The van der Waals surface area contributed by atoms with Crippen molar-refractivity contribution >= 4 is 21.4 Å². The monoisotopic (exact) mass is 281 g/mol. The number of hydrogen-bond donors (Lipinski definition) is 1. The minimum atomic E-state index is -3.16. The summed E-state index contributed by atoms with van der Waals surface area (Å²) in [6.07, 6.45) is 1.28. The van der Waals surface area contributed by atoms with Crippen LogP contribution in [0.25, 0.3) is 0 Å².